The van der Waals surface area contributed by atoms with Gasteiger partial charge in [-0.15, -0.1) is 0 Å². The first-order valence-electron chi connectivity index (χ1n) is 10.1. The SMILES string of the molecule is CCC(NC(=O)C=C(C)C1CC1)c1ccccc1OCC(=O)N1CCCC1. The van der Waals surface area contributed by atoms with Crippen molar-refractivity contribution in [3.8, 4) is 5.75 Å². The highest BCUT2D eigenvalue weighted by Crippen LogP contribution is 2.36. The van der Waals surface area contributed by atoms with E-state index in [4.69, 9.17) is 4.74 Å². The molecule has 1 saturated heterocycles. The number of hydrogen-bond acceptors (Lipinski definition) is 3. The molecule has 0 radical (unpaired) electrons. The second-order valence-electron chi connectivity index (χ2n) is 7.55. The van der Waals surface area contributed by atoms with Gasteiger partial charge < -0.3 is 15.0 Å². The standard InChI is InChI=1S/C22H30N2O3/c1-3-19(23-21(25)14-16(2)17-10-11-17)18-8-4-5-9-20(18)27-15-22(26)24-12-6-7-13-24/h4-5,8-9,14,17,19H,3,6-7,10-13,15H2,1-2H3,(H,23,25). The molecule has 2 fully saturated rings. The van der Waals surface area contributed by atoms with Crippen LogP contribution >= 0.6 is 0 Å². The zero-order valence-corrected chi connectivity index (χ0v) is 16.4. The summed E-state index contributed by atoms with van der Waals surface area (Å²) in [4.78, 5) is 26.5. The number of ether oxygens (including phenoxy) is 1. The Morgan fingerprint density at radius 1 is 1.26 bits per heavy atom. The number of nitrogens with one attached hydrogen (secondary N) is 1. The molecular weight excluding hydrogens is 340 g/mol. The van der Waals surface area contributed by atoms with Crippen molar-refractivity contribution in [2.45, 2.75) is 52.0 Å². The molecule has 27 heavy (non-hydrogen) atoms. The third-order valence-corrected chi connectivity index (χ3v) is 5.41. The van der Waals surface area contributed by atoms with Crippen LogP contribution in [0.1, 0.15) is 57.6 Å². The van der Waals surface area contributed by atoms with Gasteiger partial charge in [-0.05, 0) is 51.0 Å². The van der Waals surface area contributed by atoms with E-state index in [-0.39, 0.29) is 24.5 Å². The smallest absolute Gasteiger partial charge is 0.260 e. The average molecular weight is 370 g/mol. The first-order valence-corrected chi connectivity index (χ1v) is 10.1. The topological polar surface area (TPSA) is 58.6 Å². The fourth-order valence-electron chi connectivity index (χ4n) is 3.57. The van der Waals surface area contributed by atoms with Crippen LogP contribution in [0.3, 0.4) is 0 Å². The van der Waals surface area contributed by atoms with Crippen molar-refractivity contribution < 1.29 is 14.3 Å². The number of amides is 2. The summed E-state index contributed by atoms with van der Waals surface area (Å²) in [6.45, 7) is 5.75. The minimum absolute atomic E-state index is 0.0300. The Balaban J connectivity index is 1.64. The maximum atomic E-state index is 12.4. The molecule has 0 bridgehead atoms. The maximum Gasteiger partial charge on any atom is 0.260 e. The third kappa shape index (κ3) is 5.34. The molecule has 1 aliphatic carbocycles. The fourth-order valence-corrected chi connectivity index (χ4v) is 3.57. The number of carbonyl (C=O) groups is 2. The van der Waals surface area contributed by atoms with Crippen molar-refractivity contribution in [1.29, 1.82) is 0 Å². The number of hydrogen-bond donors (Lipinski definition) is 1. The molecule has 5 nitrogen and oxygen atoms in total. The first-order chi connectivity index (χ1) is 13.1. The minimum atomic E-state index is -0.140. The van der Waals surface area contributed by atoms with Gasteiger partial charge in [0.15, 0.2) is 6.61 Å². The van der Waals surface area contributed by atoms with Gasteiger partial charge in [-0.3, -0.25) is 9.59 Å². The number of allylic oxidation sites excluding steroid dienone is 1. The van der Waals surface area contributed by atoms with E-state index in [0.717, 1.165) is 43.5 Å². The van der Waals surface area contributed by atoms with Crippen molar-refractivity contribution in [3.63, 3.8) is 0 Å². The zero-order valence-electron chi connectivity index (χ0n) is 16.4. The van der Waals surface area contributed by atoms with Gasteiger partial charge in [0, 0.05) is 24.7 Å². The predicted molar refractivity (Wildman–Crippen MR) is 105 cm³/mol. The van der Waals surface area contributed by atoms with Crippen molar-refractivity contribution >= 4 is 11.8 Å². The molecule has 146 valence electrons. The summed E-state index contributed by atoms with van der Waals surface area (Å²) in [5, 5.41) is 3.09. The highest BCUT2D eigenvalue weighted by Gasteiger charge is 2.24. The van der Waals surface area contributed by atoms with Crippen molar-refractivity contribution in [2.24, 2.45) is 5.92 Å². The van der Waals surface area contributed by atoms with Crippen LogP contribution in [-0.4, -0.2) is 36.4 Å². The molecule has 1 N–H and O–H groups in total. The van der Waals surface area contributed by atoms with Crippen LogP contribution in [0.15, 0.2) is 35.9 Å². The van der Waals surface area contributed by atoms with E-state index in [2.05, 4.69) is 5.32 Å². The van der Waals surface area contributed by atoms with Gasteiger partial charge in [0.2, 0.25) is 5.91 Å². The fraction of sp³-hybridized carbons (Fsp3) is 0.545. The number of carbonyl (C=O) groups excluding carboxylic acids is 2. The Morgan fingerprint density at radius 3 is 2.63 bits per heavy atom. The largest absolute Gasteiger partial charge is 0.483 e. The Kier molecular flexibility index (Phi) is 6.54. The van der Waals surface area contributed by atoms with Gasteiger partial charge in [-0.25, -0.2) is 0 Å². The molecule has 1 aromatic carbocycles. The van der Waals surface area contributed by atoms with Crippen LogP contribution in [0, 0.1) is 5.92 Å². The second kappa shape index (κ2) is 9.07. The molecule has 5 heteroatoms. The lowest BCUT2D eigenvalue weighted by Gasteiger charge is -2.21. The summed E-state index contributed by atoms with van der Waals surface area (Å²) in [5.74, 6) is 1.22. The highest BCUT2D eigenvalue weighted by atomic mass is 16.5. The maximum absolute atomic E-state index is 12.4. The number of benzene rings is 1. The van der Waals surface area contributed by atoms with Gasteiger partial charge >= 0.3 is 0 Å². The van der Waals surface area contributed by atoms with E-state index in [1.165, 1.54) is 12.8 Å². The van der Waals surface area contributed by atoms with Crippen LogP contribution in [0.5, 0.6) is 5.75 Å². The zero-order chi connectivity index (χ0) is 19.2. The third-order valence-electron chi connectivity index (χ3n) is 5.41. The Bertz CT molecular complexity index is 703. The quantitative estimate of drug-likeness (QED) is 0.711. The Morgan fingerprint density at radius 2 is 1.96 bits per heavy atom. The van der Waals surface area contributed by atoms with E-state index in [1.54, 1.807) is 6.08 Å². The molecule has 1 aliphatic heterocycles. The summed E-state index contributed by atoms with van der Waals surface area (Å²) in [5.41, 5.74) is 2.07. The van der Waals surface area contributed by atoms with Crippen LogP contribution < -0.4 is 10.1 Å². The number of rotatable bonds is 8. The molecule has 1 atom stereocenters. The Hall–Kier alpha value is -2.30. The van der Waals surface area contributed by atoms with Crippen LogP contribution in [0.25, 0.3) is 0 Å². The predicted octanol–water partition coefficient (Wildman–Crippen LogP) is 3.61. The van der Waals surface area contributed by atoms with Gasteiger partial charge in [-0.2, -0.15) is 0 Å². The summed E-state index contributed by atoms with van der Waals surface area (Å²) in [6, 6.07) is 7.52. The van der Waals surface area contributed by atoms with Gasteiger partial charge in [0.25, 0.3) is 5.91 Å². The van der Waals surface area contributed by atoms with Gasteiger partial charge in [0.1, 0.15) is 5.75 Å². The van der Waals surface area contributed by atoms with Gasteiger partial charge in [-0.1, -0.05) is 30.7 Å². The normalized spacial score (nSPS) is 18.3. The number of likely N-dealkylation sites (tertiary alicyclic amines) is 1. The molecule has 1 aromatic rings. The van der Waals surface area contributed by atoms with Crippen molar-refractivity contribution in [2.75, 3.05) is 19.7 Å². The number of para-hydroxylation sites is 1. The summed E-state index contributed by atoms with van der Waals surface area (Å²) in [6.07, 6.45) is 6.99. The molecular formula is C22H30N2O3. The van der Waals surface area contributed by atoms with E-state index < -0.39 is 0 Å². The summed E-state index contributed by atoms with van der Waals surface area (Å²) < 4.78 is 5.85. The molecule has 3 rings (SSSR count). The molecule has 1 heterocycles. The van der Waals surface area contributed by atoms with E-state index >= 15 is 0 Å². The summed E-state index contributed by atoms with van der Waals surface area (Å²) >= 11 is 0. The van der Waals surface area contributed by atoms with Crippen molar-refractivity contribution in [3.05, 3.63) is 41.5 Å². The van der Waals surface area contributed by atoms with E-state index in [9.17, 15) is 9.59 Å². The average Bonchev–Trinajstić information content (AvgIpc) is 3.39. The lowest BCUT2D eigenvalue weighted by molar-refractivity contribution is -0.132. The second-order valence-corrected chi connectivity index (χ2v) is 7.55. The van der Waals surface area contributed by atoms with E-state index in [0.29, 0.717) is 11.7 Å². The molecule has 2 aliphatic rings. The first kappa shape index (κ1) is 19.5. The van der Waals surface area contributed by atoms with Crippen LogP contribution in [0.2, 0.25) is 0 Å². The highest BCUT2D eigenvalue weighted by molar-refractivity contribution is 5.88. The lowest BCUT2D eigenvalue weighted by atomic mass is 10.0. The Labute approximate surface area is 161 Å². The summed E-state index contributed by atoms with van der Waals surface area (Å²) in [7, 11) is 0. The minimum Gasteiger partial charge on any atom is -0.483 e. The molecule has 1 saturated carbocycles. The monoisotopic (exact) mass is 370 g/mol. The molecule has 0 spiro atoms. The number of nitrogens with zero attached hydrogens (tertiary/aromatic N) is 1. The lowest BCUT2D eigenvalue weighted by Crippen LogP contribution is -2.32. The van der Waals surface area contributed by atoms with Crippen LogP contribution in [0.4, 0.5) is 0 Å². The molecule has 2 amide bonds. The van der Waals surface area contributed by atoms with E-state index in [1.807, 2.05) is 43.0 Å². The molecule has 0 aromatic heterocycles. The molecule has 1 unspecified atom stereocenters. The van der Waals surface area contributed by atoms with Crippen molar-refractivity contribution in [1.82, 2.24) is 10.2 Å². The van der Waals surface area contributed by atoms with Gasteiger partial charge in [0.05, 0.1) is 6.04 Å². The van der Waals surface area contributed by atoms with Crippen LogP contribution in [-0.2, 0) is 9.59 Å².